The molecular formula is C15H16BrNOS. The first-order valence-electron chi connectivity index (χ1n) is 6.00. The van der Waals surface area contributed by atoms with Crippen LogP contribution in [-0.2, 0) is 0 Å². The second-order valence-electron chi connectivity index (χ2n) is 4.13. The molecule has 2 aromatic carbocycles. The smallest absolute Gasteiger partial charge is 0.0745 e. The number of rotatable bonds is 5. The third-order valence-corrected chi connectivity index (χ3v) is 4.34. The lowest BCUT2D eigenvalue weighted by molar-refractivity contribution is 0.276. The summed E-state index contributed by atoms with van der Waals surface area (Å²) in [6, 6.07) is 16.1. The van der Waals surface area contributed by atoms with Gasteiger partial charge in [0.25, 0.3) is 0 Å². The van der Waals surface area contributed by atoms with E-state index in [4.69, 9.17) is 0 Å². The highest BCUT2D eigenvalue weighted by molar-refractivity contribution is 9.10. The molecule has 100 valence electrons. The van der Waals surface area contributed by atoms with Crippen molar-refractivity contribution in [2.45, 2.75) is 10.9 Å². The van der Waals surface area contributed by atoms with Gasteiger partial charge in [0.15, 0.2) is 0 Å². The molecule has 1 atom stereocenters. The summed E-state index contributed by atoms with van der Waals surface area (Å²) in [5, 5.41) is 12.9. The van der Waals surface area contributed by atoms with E-state index < -0.39 is 0 Å². The lowest BCUT2D eigenvalue weighted by Crippen LogP contribution is -2.15. The Hall–Kier alpha value is -0.970. The standard InChI is InChI=1S/C15H16BrNOS/c1-19-12-8-6-11(7-9-12)15(10-18)17-14-5-3-2-4-13(14)16/h2-9,15,17-18H,10H2,1H3. The van der Waals surface area contributed by atoms with Crippen LogP contribution in [0.25, 0.3) is 0 Å². The Morgan fingerprint density at radius 1 is 1.16 bits per heavy atom. The van der Waals surface area contributed by atoms with Crippen molar-refractivity contribution in [2.75, 3.05) is 18.2 Å². The Morgan fingerprint density at radius 2 is 1.84 bits per heavy atom. The molecule has 0 aliphatic heterocycles. The van der Waals surface area contributed by atoms with Gasteiger partial charge in [-0.2, -0.15) is 0 Å². The summed E-state index contributed by atoms with van der Waals surface area (Å²) in [6.45, 7) is 0.0555. The average Bonchev–Trinajstić information content (AvgIpc) is 2.47. The van der Waals surface area contributed by atoms with Gasteiger partial charge in [0.05, 0.1) is 12.6 Å². The van der Waals surface area contributed by atoms with Gasteiger partial charge >= 0.3 is 0 Å². The van der Waals surface area contributed by atoms with Gasteiger partial charge in [-0.1, -0.05) is 24.3 Å². The fourth-order valence-electron chi connectivity index (χ4n) is 1.84. The summed E-state index contributed by atoms with van der Waals surface area (Å²) >= 11 is 5.21. The van der Waals surface area contributed by atoms with E-state index in [1.807, 2.05) is 24.3 Å². The largest absolute Gasteiger partial charge is 0.394 e. The molecule has 0 aliphatic carbocycles. The van der Waals surface area contributed by atoms with Crippen LogP contribution < -0.4 is 5.32 Å². The molecule has 0 heterocycles. The number of aliphatic hydroxyl groups is 1. The van der Waals surface area contributed by atoms with Crippen LogP contribution in [0.5, 0.6) is 0 Å². The Balaban J connectivity index is 2.17. The Kier molecular flexibility index (Phi) is 5.31. The number of para-hydroxylation sites is 1. The van der Waals surface area contributed by atoms with Gasteiger partial charge in [0.1, 0.15) is 0 Å². The number of thioether (sulfide) groups is 1. The van der Waals surface area contributed by atoms with E-state index >= 15 is 0 Å². The molecule has 0 saturated carbocycles. The number of aliphatic hydroxyl groups excluding tert-OH is 1. The van der Waals surface area contributed by atoms with Gasteiger partial charge in [-0.15, -0.1) is 11.8 Å². The summed E-state index contributed by atoms with van der Waals surface area (Å²) in [4.78, 5) is 1.22. The van der Waals surface area contributed by atoms with E-state index in [2.05, 4.69) is 51.8 Å². The molecule has 0 spiro atoms. The molecule has 1 unspecified atom stereocenters. The highest BCUT2D eigenvalue weighted by Crippen LogP contribution is 2.27. The quantitative estimate of drug-likeness (QED) is 0.797. The van der Waals surface area contributed by atoms with Gasteiger partial charge in [-0.05, 0) is 52.0 Å². The lowest BCUT2D eigenvalue weighted by Gasteiger charge is -2.19. The molecule has 0 saturated heterocycles. The minimum absolute atomic E-state index is 0.0555. The number of hydrogen-bond acceptors (Lipinski definition) is 3. The molecule has 0 bridgehead atoms. The van der Waals surface area contributed by atoms with Crippen LogP contribution in [0, 0.1) is 0 Å². The summed E-state index contributed by atoms with van der Waals surface area (Å²) in [7, 11) is 0. The van der Waals surface area contributed by atoms with E-state index in [0.717, 1.165) is 15.7 Å². The van der Waals surface area contributed by atoms with E-state index in [0.29, 0.717) is 0 Å². The number of anilines is 1. The number of hydrogen-bond donors (Lipinski definition) is 2. The average molecular weight is 338 g/mol. The maximum absolute atomic E-state index is 9.58. The lowest BCUT2D eigenvalue weighted by atomic mass is 10.1. The molecule has 2 nitrogen and oxygen atoms in total. The molecule has 0 amide bonds. The van der Waals surface area contributed by atoms with Gasteiger partial charge < -0.3 is 10.4 Å². The SMILES string of the molecule is CSc1ccc(C(CO)Nc2ccccc2Br)cc1. The van der Waals surface area contributed by atoms with Crippen LogP contribution in [0.15, 0.2) is 57.9 Å². The van der Waals surface area contributed by atoms with Crippen molar-refractivity contribution in [2.24, 2.45) is 0 Å². The van der Waals surface area contributed by atoms with Crippen molar-refractivity contribution >= 4 is 33.4 Å². The second-order valence-corrected chi connectivity index (χ2v) is 5.87. The van der Waals surface area contributed by atoms with Crippen molar-refractivity contribution in [3.8, 4) is 0 Å². The van der Waals surface area contributed by atoms with Gasteiger partial charge in [-0.3, -0.25) is 0 Å². The molecule has 0 aromatic heterocycles. The first kappa shape index (κ1) is 14.4. The fourth-order valence-corrected chi connectivity index (χ4v) is 2.64. The zero-order chi connectivity index (χ0) is 13.7. The topological polar surface area (TPSA) is 32.3 Å². The van der Waals surface area contributed by atoms with Gasteiger partial charge in [-0.25, -0.2) is 0 Å². The van der Waals surface area contributed by atoms with Crippen LogP contribution in [0.3, 0.4) is 0 Å². The molecule has 0 aliphatic rings. The highest BCUT2D eigenvalue weighted by atomic mass is 79.9. The molecule has 0 radical (unpaired) electrons. The third-order valence-electron chi connectivity index (χ3n) is 2.90. The normalized spacial score (nSPS) is 12.2. The van der Waals surface area contributed by atoms with Crippen LogP contribution in [0.2, 0.25) is 0 Å². The first-order chi connectivity index (χ1) is 9.24. The van der Waals surface area contributed by atoms with Crippen LogP contribution in [0.4, 0.5) is 5.69 Å². The zero-order valence-corrected chi connectivity index (χ0v) is 13.0. The van der Waals surface area contributed by atoms with Crippen molar-refractivity contribution in [1.82, 2.24) is 0 Å². The Bertz CT molecular complexity index is 530. The maximum atomic E-state index is 9.58. The molecule has 4 heteroatoms. The molecule has 19 heavy (non-hydrogen) atoms. The number of benzene rings is 2. The number of halogens is 1. The van der Waals surface area contributed by atoms with Crippen molar-refractivity contribution in [1.29, 1.82) is 0 Å². The zero-order valence-electron chi connectivity index (χ0n) is 10.6. The summed E-state index contributed by atoms with van der Waals surface area (Å²) in [6.07, 6.45) is 2.05. The predicted octanol–water partition coefficient (Wildman–Crippen LogP) is 4.32. The monoisotopic (exact) mass is 337 g/mol. The molecular weight excluding hydrogens is 322 g/mol. The van der Waals surface area contributed by atoms with Crippen LogP contribution in [-0.4, -0.2) is 18.0 Å². The summed E-state index contributed by atoms with van der Waals surface area (Å²) < 4.78 is 0.995. The molecule has 2 N–H and O–H groups in total. The number of nitrogens with one attached hydrogen (secondary N) is 1. The van der Waals surface area contributed by atoms with Gasteiger partial charge in [0.2, 0.25) is 0 Å². The molecule has 2 aromatic rings. The Labute approximate surface area is 126 Å². The maximum Gasteiger partial charge on any atom is 0.0745 e. The Morgan fingerprint density at radius 3 is 2.42 bits per heavy atom. The fraction of sp³-hybridized carbons (Fsp3) is 0.200. The van der Waals surface area contributed by atoms with E-state index in [9.17, 15) is 5.11 Å². The predicted molar refractivity (Wildman–Crippen MR) is 85.8 cm³/mol. The van der Waals surface area contributed by atoms with E-state index in [1.165, 1.54) is 4.90 Å². The minimum Gasteiger partial charge on any atom is -0.394 e. The van der Waals surface area contributed by atoms with Gasteiger partial charge in [0, 0.05) is 15.1 Å². The third kappa shape index (κ3) is 3.75. The second kappa shape index (κ2) is 6.98. The van der Waals surface area contributed by atoms with Crippen molar-refractivity contribution in [3.63, 3.8) is 0 Å². The molecule has 0 fully saturated rings. The first-order valence-corrected chi connectivity index (χ1v) is 8.02. The van der Waals surface area contributed by atoms with Crippen molar-refractivity contribution < 1.29 is 5.11 Å². The van der Waals surface area contributed by atoms with Crippen LogP contribution in [0.1, 0.15) is 11.6 Å². The highest BCUT2D eigenvalue weighted by Gasteiger charge is 2.11. The summed E-state index contributed by atoms with van der Waals surface area (Å²) in [5.41, 5.74) is 2.06. The minimum atomic E-state index is -0.102. The van der Waals surface area contributed by atoms with Crippen LogP contribution >= 0.6 is 27.7 Å². The van der Waals surface area contributed by atoms with E-state index in [1.54, 1.807) is 11.8 Å². The summed E-state index contributed by atoms with van der Waals surface area (Å²) in [5.74, 6) is 0. The molecule has 2 rings (SSSR count). The van der Waals surface area contributed by atoms with Crippen molar-refractivity contribution in [3.05, 3.63) is 58.6 Å². The van der Waals surface area contributed by atoms with E-state index in [-0.39, 0.29) is 12.6 Å².